The Kier molecular flexibility index (Phi) is 4.13. The van der Waals surface area contributed by atoms with E-state index in [9.17, 15) is 4.79 Å². The number of thiophene rings is 1. The molecule has 1 aromatic rings. The van der Waals surface area contributed by atoms with Crippen LogP contribution in [-0.4, -0.2) is 10.6 Å². The Balaban J connectivity index is 2.67. The molecular weight excluding hydrogens is 248 g/mol. The van der Waals surface area contributed by atoms with Gasteiger partial charge in [-0.05, 0) is 25.5 Å². The zero-order valence-electron chi connectivity index (χ0n) is 7.84. The lowest BCUT2D eigenvalue weighted by Crippen LogP contribution is -2.12. The standard InChI is InChI=1S/C10H13BrOS/c1-3-4-8(11)10(12)9-6-5-7(2)13-9/h5-6,8H,3-4H2,1-2H3. The molecule has 0 aliphatic carbocycles. The van der Waals surface area contributed by atoms with Crippen LogP contribution in [0.3, 0.4) is 0 Å². The monoisotopic (exact) mass is 260 g/mol. The number of carbonyl (C=O) groups excluding carboxylic acids is 1. The fourth-order valence-corrected chi connectivity index (χ4v) is 2.82. The molecule has 1 aromatic heterocycles. The lowest BCUT2D eigenvalue weighted by Gasteiger charge is -2.04. The van der Waals surface area contributed by atoms with Crippen LogP contribution in [0, 0.1) is 6.92 Å². The van der Waals surface area contributed by atoms with Crippen LogP contribution in [0.5, 0.6) is 0 Å². The third-order valence-electron chi connectivity index (χ3n) is 1.81. The number of carbonyl (C=O) groups is 1. The molecule has 0 aliphatic heterocycles. The number of hydrogen-bond acceptors (Lipinski definition) is 2. The molecule has 1 nitrogen and oxygen atoms in total. The van der Waals surface area contributed by atoms with Crippen molar-refractivity contribution in [2.24, 2.45) is 0 Å². The van der Waals surface area contributed by atoms with Crippen molar-refractivity contribution in [1.82, 2.24) is 0 Å². The fourth-order valence-electron chi connectivity index (χ4n) is 1.11. The highest BCUT2D eigenvalue weighted by molar-refractivity contribution is 9.10. The molecule has 0 aliphatic rings. The van der Waals surface area contributed by atoms with Gasteiger partial charge in [0.05, 0.1) is 9.70 Å². The zero-order valence-corrected chi connectivity index (χ0v) is 10.2. The second kappa shape index (κ2) is 4.91. The summed E-state index contributed by atoms with van der Waals surface area (Å²) in [6.07, 6.45) is 1.95. The molecule has 1 rings (SSSR count). The SMILES string of the molecule is CCCC(Br)C(=O)c1ccc(C)s1. The molecule has 3 heteroatoms. The van der Waals surface area contributed by atoms with Crippen LogP contribution in [0.25, 0.3) is 0 Å². The van der Waals surface area contributed by atoms with E-state index in [0.29, 0.717) is 0 Å². The minimum atomic E-state index is -0.00412. The van der Waals surface area contributed by atoms with Crippen LogP contribution >= 0.6 is 27.3 Å². The number of ketones is 1. The molecule has 0 N–H and O–H groups in total. The van der Waals surface area contributed by atoms with Crippen LogP contribution in [0.4, 0.5) is 0 Å². The number of Topliss-reactive ketones (excluding diaryl/α,β-unsaturated/α-hetero) is 1. The van der Waals surface area contributed by atoms with Gasteiger partial charge in [-0.15, -0.1) is 11.3 Å². The molecular formula is C10H13BrOS. The summed E-state index contributed by atoms with van der Waals surface area (Å²) in [7, 11) is 0. The smallest absolute Gasteiger partial charge is 0.186 e. The first kappa shape index (κ1) is 10.9. The average molecular weight is 261 g/mol. The maximum Gasteiger partial charge on any atom is 0.186 e. The third-order valence-corrected chi connectivity index (χ3v) is 3.70. The van der Waals surface area contributed by atoms with E-state index in [-0.39, 0.29) is 10.6 Å². The minimum Gasteiger partial charge on any atom is -0.292 e. The van der Waals surface area contributed by atoms with Crippen molar-refractivity contribution in [2.45, 2.75) is 31.5 Å². The Morgan fingerprint density at radius 3 is 2.77 bits per heavy atom. The lowest BCUT2D eigenvalue weighted by molar-refractivity contribution is 0.0992. The second-order valence-corrected chi connectivity index (χ2v) is 5.42. The van der Waals surface area contributed by atoms with Gasteiger partial charge in [-0.3, -0.25) is 4.79 Å². The van der Waals surface area contributed by atoms with Crippen LogP contribution in [0.15, 0.2) is 12.1 Å². The number of hydrogen-bond donors (Lipinski definition) is 0. The molecule has 1 heterocycles. The molecule has 13 heavy (non-hydrogen) atoms. The van der Waals surface area contributed by atoms with Gasteiger partial charge in [0.2, 0.25) is 0 Å². The summed E-state index contributed by atoms with van der Waals surface area (Å²) in [6, 6.07) is 3.90. The lowest BCUT2D eigenvalue weighted by atomic mass is 10.1. The molecule has 72 valence electrons. The van der Waals surface area contributed by atoms with Crippen molar-refractivity contribution < 1.29 is 4.79 Å². The molecule has 0 saturated heterocycles. The first-order valence-corrected chi connectivity index (χ1v) is 6.13. The molecule has 0 radical (unpaired) electrons. The number of halogens is 1. The molecule has 1 atom stereocenters. The molecule has 0 saturated carbocycles. The predicted molar refractivity (Wildman–Crippen MR) is 61.0 cm³/mol. The van der Waals surface area contributed by atoms with Crippen molar-refractivity contribution in [2.75, 3.05) is 0 Å². The molecule has 0 fully saturated rings. The van der Waals surface area contributed by atoms with Crippen molar-refractivity contribution in [3.63, 3.8) is 0 Å². The van der Waals surface area contributed by atoms with E-state index in [1.807, 2.05) is 19.1 Å². The van der Waals surface area contributed by atoms with E-state index < -0.39 is 0 Å². The summed E-state index contributed by atoms with van der Waals surface area (Å²) in [5, 5.41) is 0. The highest BCUT2D eigenvalue weighted by atomic mass is 79.9. The summed E-state index contributed by atoms with van der Waals surface area (Å²) in [4.78, 5) is 13.8. The molecule has 1 unspecified atom stereocenters. The van der Waals surface area contributed by atoms with E-state index in [1.54, 1.807) is 11.3 Å². The normalized spacial score (nSPS) is 12.8. The molecule has 0 bridgehead atoms. The average Bonchev–Trinajstić information content (AvgIpc) is 2.51. The highest BCUT2D eigenvalue weighted by Gasteiger charge is 2.16. The van der Waals surface area contributed by atoms with Gasteiger partial charge in [0, 0.05) is 4.88 Å². The maximum absolute atomic E-state index is 11.7. The van der Waals surface area contributed by atoms with Gasteiger partial charge in [0.15, 0.2) is 5.78 Å². The summed E-state index contributed by atoms with van der Waals surface area (Å²) < 4.78 is 0. The van der Waals surface area contributed by atoms with Crippen molar-refractivity contribution in [3.05, 3.63) is 21.9 Å². The van der Waals surface area contributed by atoms with Crippen molar-refractivity contribution >= 4 is 33.0 Å². The second-order valence-electron chi connectivity index (χ2n) is 3.03. The Morgan fingerprint density at radius 1 is 1.62 bits per heavy atom. The number of rotatable bonds is 4. The molecule has 0 amide bonds. The molecule has 0 aromatic carbocycles. The summed E-state index contributed by atoms with van der Waals surface area (Å²) in [6.45, 7) is 4.10. The zero-order chi connectivity index (χ0) is 9.84. The van der Waals surface area contributed by atoms with Crippen LogP contribution in [0.1, 0.15) is 34.3 Å². The first-order valence-electron chi connectivity index (χ1n) is 4.40. The third kappa shape index (κ3) is 2.92. The molecule has 0 spiro atoms. The topological polar surface area (TPSA) is 17.1 Å². The van der Waals surface area contributed by atoms with Gasteiger partial charge in [-0.25, -0.2) is 0 Å². The minimum absolute atomic E-state index is 0.00412. The highest BCUT2D eigenvalue weighted by Crippen LogP contribution is 2.21. The summed E-state index contributed by atoms with van der Waals surface area (Å²) in [5.41, 5.74) is 0. The largest absolute Gasteiger partial charge is 0.292 e. The van der Waals surface area contributed by atoms with E-state index in [4.69, 9.17) is 0 Å². The Labute approximate surface area is 91.3 Å². The Bertz CT molecular complexity index is 293. The van der Waals surface area contributed by atoms with E-state index in [1.165, 1.54) is 4.88 Å². The van der Waals surface area contributed by atoms with Gasteiger partial charge >= 0.3 is 0 Å². The predicted octanol–water partition coefficient (Wildman–Crippen LogP) is 3.80. The fraction of sp³-hybridized carbons (Fsp3) is 0.500. The Hall–Kier alpha value is -0.150. The van der Waals surface area contributed by atoms with Crippen LogP contribution in [-0.2, 0) is 0 Å². The van der Waals surface area contributed by atoms with Crippen LogP contribution in [0.2, 0.25) is 0 Å². The Morgan fingerprint density at radius 2 is 2.31 bits per heavy atom. The van der Waals surface area contributed by atoms with Crippen molar-refractivity contribution in [3.8, 4) is 0 Å². The van der Waals surface area contributed by atoms with Gasteiger partial charge in [-0.1, -0.05) is 29.3 Å². The van der Waals surface area contributed by atoms with E-state index in [0.717, 1.165) is 17.7 Å². The van der Waals surface area contributed by atoms with Gasteiger partial charge < -0.3 is 0 Å². The summed E-state index contributed by atoms with van der Waals surface area (Å²) >= 11 is 4.98. The maximum atomic E-state index is 11.7. The van der Waals surface area contributed by atoms with E-state index in [2.05, 4.69) is 22.9 Å². The van der Waals surface area contributed by atoms with E-state index >= 15 is 0 Å². The quantitative estimate of drug-likeness (QED) is 0.595. The van der Waals surface area contributed by atoms with Gasteiger partial charge in [-0.2, -0.15) is 0 Å². The van der Waals surface area contributed by atoms with Gasteiger partial charge in [0.25, 0.3) is 0 Å². The number of aryl methyl sites for hydroxylation is 1. The van der Waals surface area contributed by atoms with Crippen LogP contribution < -0.4 is 0 Å². The van der Waals surface area contributed by atoms with Gasteiger partial charge in [0.1, 0.15) is 0 Å². The van der Waals surface area contributed by atoms with Crippen molar-refractivity contribution in [1.29, 1.82) is 0 Å². The summed E-state index contributed by atoms with van der Waals surface area (Å²) in [5.74, 6) is 0.222. The number of alkyl halides is 1. The first-order chi connectivity index (χ1) is 6.15.